The van der Waals surface area contributed by atoms with E-state index in [9.17, 15) is 10.2 Å². The first kappa shape index (κ1) is 13.1. The minimum Gasteiger partial charge on any atom is -0.397 e. The first-order valence-electron chi connectivity index (χ1n) is 5.12. The standard InChI is InChI=1S/C11H17ClN2O2/c1-2-11(6-15,7-16)14-10-4-3-8(12)5-9(10)13/h3-5,14-16H,2,6-7,13H2,1H3. The van der Waals surface area contributed by atoms with Gasteiger partial charge in [0.25, 0.3) is 0 Å². The van der Waals surface area contributed by atoms with Crippen LogP contribution in [0, 0.1) is 0 Å². The molecule has 0 unspecified atom stereocenters. The summed E-state index contributed by atoms with van der Waals surface area (Å²) in [5.74, 6) is 0. The molecule has 0 spiro atoms. The molecule has 0 saturated carbocycles. The third kappa shape index (κ3) is 2.78. The van der Waals surface area contributed by atoms with Gasteiger partial charge in [0, 0.05) is 5.02 Å². The zero-order valence-electron chi connectivity index (χ0n) is 9.20. The summed E-state index contributed by atoms with van der Waals surface area (Å²) in [5, 5.41) is 22.2. The van der Waals surface area contributed by atoms with Crippen LogP contribution in [0.5, 0.6) is 0 Å². The van der Waals surface area contributed by atoms with Gasteiger partial charge in [-0.2, -0.15) is 0 Å². The van der Waals surface area contributed by atoms with Crippen LogP contribution in [-0.2, 0) is 0 Å². The van der Waals surface area contributed by atoms with Crippen LogP contribution in [0.1, 0.15) is 13.3 Å². The summed E-state index contributed by atoms with van der Waals surface area (Å²) in [6.45, 7) is 1.55. The molecule has 16 heavy (non-hydrogen) atoms. The van der Waals surface area contributed by atoms with Crippen molar-refractivity contribution in [3.63, 3.8) is 0 Å². The van der Waals surface area contributed by atoms with Gasteiger partial charge in [-0.15, -0.1) is 0 Å². The number of aliphatic hydroxyl groups excluding tert-OH is 2. The van der Waals surface area contributed by atoms with Crippen molar-refractivity contribution in [3.8, 4) is 0 Å². The topological polar surface area (TPSA) is 78.5 Å². The molecular formula is C11H17ClN2O2. The zero-order chi connectivity index (χ0) is 12.2. The maximum Gasteiger partial charge on any atom is 0.0832 e. The average molecular weight is 245 g/mol. The average Bonchev–Trinajstić information content (AvgIpc) is 2.29. The number of rotatable bonds is 5. The lowest BCUT2D eigenvalue weighted by atomic mass is 9.98. The van der Waals surface area contributed by atoms with E-state index >= 15 is 0 Å². The van der Waals surface area contributed by atoms with Crippen molar-refractivity contribution in [3.05, 3.63) is 23.2 Å². The number of halogens is 1. The zero-order valence-corrected chi connectivity index (χ0v) is 9.96. The summed E-state index contributed by atoms with van der Waals surface area (Å²) in [7, 11) is 0. The van der Waals surface area contributed by atoms with E-state index in [1.165, 1.54) is 0 Å². The quantitative estimate of drug-likeness (QED) is 0.592. The van der Waals surface area contributed by atoms with Gasteiger partial charge in [-0.05, 0) is 24.6 Å². The van der Waals surface area contributed by atoms with Crippen LogP contribution in [0.15, 0.2) is 18.2 Å². The number of aliphatic hydroxyl groups is 2. The van der Waals surface area contributed by atoms with E-state index in [1.807, 2.05) is 6.92 Å². The van der Waals surface area contributed by atoms with Crippen LogP contribution in [0.2, 0.25) is 5.02 Å². The van der Waals surface area contributed by atoms with Gasteiger partial charge in [0.15, 0.2) is 0 Å². The molecule has 1 aromatic rings. The number of anilines is 2. The molecule has 0 saturated heterocycles. The molecular weight excluding hydrogens is 228 g/mol. The molecule has 0 aromatic heterocycles. The van der Waals surface area contributed by atoms with Gasteiger partial charge in [-0.3, -0.25) is 0 Å². The Morgan fingerprint density at radius 3 is 2.44 bits per heavy atom. The van der Waals surface area contributed by atoms with Crippen LogP contribution >= 0.6 is 11.6 Å². The van der Waals surface area contributed by atoms with Crippen LogP contribution < -0.4 is 11.1 Å². The van der Waals surface area contributed by atoms with E-state index in [2.05, 4.69) is 5.32 Å². The van der Waals surface area contributed by atoms with E-state index in [4.69, 9.17) is 17.3 Å². The second kappa shape index (κ2) is 5.39. The van der Waals surface area contributed by atoms with E-state index in [0.29, 0.717) is 22.8 Å². The fourth-order valence-corrected chi connectivity index (χ4v) is 1.55. The van der Waals surface area contributed by atoms with E-state index in [0.717, 1.165) is 0 Å². The van der Waals surface area contributed by atoms with Gasteiger partial charge in [0.2, 0.25) is 0 Å². The van der Waals surface area contributed by atoms with E-state index in [1.54, 1.807) is 18.2 Å². The van der Waals surface area contributed by atoms with Crippen molar-refractivity contribution >= 4 is 23.0 Å². The highest BCUT2D eigenvalue weighted by atomic mass is 35.5. The summed E-state index contributed by atoms with van der Waals surface area (Å²) in [5.41, 5.74) is 6.19. The van der Waals surface area contributed by atoms with Crippen molar-refractivity contribution in [1.82, 2.24) is 0 Å². The Labute approximate surface area is 100 Å². The van der Waals surface area contributed by atoms with Crippen molar-refractivity contribution in [2.75, 3.05) is 24.3 Å². The highest BCUT2D eigenvalue weighted by molar-refractivity contribution is 6.31. The summed E-state index contributed by atoms with van der Waals surface area (Å²) in [4.78, 5) is 0. The monoisotopic (exact) mass is 244 g/mol. The van der Waals surface area contributed by atoms with Crippen LogP contribution in [-0.4, -0.2) is 29.0 Å². The van der Waals surface area contributed by atoms with Crippen LogP contribution in [0.4, 0.5) is 11.4 Å². The molecule has 1 aromatic carbocycles. The molecule has 90 valence electrons. The number of hydrogen-bond donors (Lipinski definition) is 4. The molecule has 0 bridgehead atoms. The van der Waals surface area contributed by atoms with Crippen LogP contribution in [0.25, 0.3) is 0 Å². The lowest BCUT2D eigenvalue weighted by molar-refractivity contribution is 0.132. The Morgan fingerprint density at radius 2 is 2.00 bits per heavy atom. The second-order valence-corrected chi connectivity index (χ2v) is 4.24. The highest BCUT2D eigenvalue weighted by Crippen LogP contribution is 2.26. The lowest BCUT2D eigenvalue weighted by Crippen LogP contribution is -2.45. The molecule has 0 fully saturated rings. The summed E-state index contributed by atoms with van der Waals surface area (Å²) in [6.07, 6.45) is 0.585. The van der Waals surface area contributed by atoms with Gasteiger partial charge in [0.05, 0.1) is 30.1 Å². The molecule has 0 aliphatic carbocycles. The van der Waals surface area contributed by atoms with Gasteiger partial charge < -0.3 is 21.3 Å². The molecule has 0 atom stereocenters. The summed E-state index contributed by atoms with van der Waals surface area (Å²) < 4.78 is 0. The molecule has 0 heterocycles. The number of nitrogens with one attached hydrogen (secondary N) is 1. The first-order chi connectivity index (χ1) is 7.56. The fourth-order valence-electron chi connectivity index (χ4n) is 1.37. The van der Waals surface area contributed by atoms with Crippen molar-refractivity contribution in [2.24, 2.45) is 0 Å². The minimum atomic E-state index is -0.748. The summed E-state index contributed by atoms with van der Waals surface area (Å²) in [6, 6.07) is 5.06. The Morgan fingerprint density at radius 1 is 1.38 bits per heavy atom. The van der Waals surface area contributed by atoms with Gasteiger partial charge >= 0.3 is 0 Å². The van der Waals surface area contributed by atoms with E-state index in [-0.39, 0.29) is 13.2 Å². The molecule has 5 N–H and O–H groups in total. The Balaban J connectivity index is 2.93. The molecule has 1 rings (SSSR count). The minimum absolute atomic E-state index is 0.165. The number of hydrogen-bond acceptors (Lipinski definition) is 4. The van der Waals surface area contributed by atoms with E-state index < -0.39 is 5.54 Å². The molecule has 5 heteroatoms. The molecule has 0 amide bonds. The third-order valence-corrected chi connectivity index (χ3v) is 2.93. The van der Waals surface area contributed by atoms with Crippen LogP contribution in [0.3, 0.4) is 0 Å². The van der Waals surface area contributed by atoms with Gasteiger partial charge in [0.1, 0.15) is 0 Å². The predicted octanol–water partition coefficient (Wildman–Crippen LogP) is 1.47. The fraction of sp³-hybridized carbons (Fsp3) is 0.455. The maximum absolute atomic E-state index is 9.29. The SMILES string of the molecule is CCC(CO)(CO)Nc1ccc(Cl)cc1N. The largest absolute Gasteiger partial charge is 0.397 e. The number of nitrogen functional groups attached to an aromatic ring is 1. The van der Waals surface area contributed by atoms with Gasteiger partial charge in [-0.25, -0.2) is 0 Å². The third-order valence-electron chi connectivity index (χ3n) is 2.70. The first-order valence-corrected chi connectivity index (χ1v) is 5.49. The molecule has 0 aliphatic heterocycles. The second-order valence-electron chi connectivity index (χ2n) is 3.81. The predicted molar refractivity (Wildman–Crippen MR) is 66.7 cm³/mol. The normalized spacial score (nSPS) is 11.5. The number of benzene rings is 1. The molecule has 4 nitrogen and oxygen atoms in total. The van der Waals surface area contributed by atoms with Crippen molar-refractivity contribution in [2.45, 2.75) is 18.9 Å². The molecule has 0 radical (unpaired) electrons. The Hall–Kier alpha value is -0.970. The maximum atomic E-state index is 9.29. The highest BCUT2D eigenvalue weighted by Gasteiger charge is 2.26. The Kier molecular flexibility index (Phi) is 4.41. The summed E-state index contributed by atoms with van der Waals surface area (Å²) >= 11 is 5.78. The van der Waals surface area contributed by atoms with Crippen molar-refractivity contribution < 1.29 is 10.2 Å². The van der Waals surface area contributed by atoms with Crippen molar-refractivity contribution in [1.29, 1.82) is 0 Å². The Bertz CT molecular complexity index is 346. The number of nitrogens with two attached hydrogens (primary N) is 1. The van der Waals surface area contributed by atoms with Gasteiger partial charge in [-0.1, -0.05) is 18.5 Å². The smallest absolute Gasteiger partial charge is 0.0832 e. The lowest BCUT2D eigenvalue weighted by Gasteiger charge is -2.31. The molecule has 0 aliphatic rings.